The Morgan fingerprint density at radius 3 is 2.73 bits per heavy atom. The molecule has 1 amide bonds. The average Bonchev–Trinajstić information content (AvgIpc) is 2.26. The maximum Gasteiger partial charge on any atom is 0.254 e. The molecule has 0 spiro atoms. The molecule has 0 saturated carbocycles. The smallest absolute Gasteiger partial charge is 0.254 e. The Morgan fingerprint density at radius 2 is 2.20 bits per heavy atom. The van der Waals surface area contributed by atoms with Crippen LogP contribution in [0.5, 0.6) is 0 Å². The van der Waals surface area contributed by atoms with Gasteiger partial charge in [0.2, 0.25) is 0 Å². The van der Waals surface area contributed by atoms with Crippen LogP contribution < -0.4 is 11.1 Å². The second-order valence-electron chi connectivity index (χ2n) is 3.14. The lowest BCUT2D eigenvalue weighted by molar-refractivity contribution is 0.0950. The summed E-state index contributed by atoms with van der Waals surface area (Å²) in [5.74, 6) is -0.243. The van der Waals surface area contributed by atoms with Crippen LogP contribution in [0.1, 0.15) is 17.3 Å². The van der Waals surface area contributed by atoms with Crippen molar-refractivity contribution in [2.24, 2.45) is 11.7 Å². The van der Waals surface area contributed by atoms with Crippen LogP contribution in [0.3, 0.4) is 0 Å². The van der Waals surface area contributed by atoms with Gasteiger partial charge >= 0.3 is 0 Å². The molecule has 1 rings (SSSR count). The molecule has 3 N–H and O–H groups in total. The minimum atomic E-state index is -0.223. The molecule has 1 atom stereocenters. The van der Waals surface area contributed by atoms with Crippen molar-refractivity contribution in [3.63, 3.8) is 0 Å². The summed E-state index contributed by atoms with van der Waals surface area (Å²) in [4.78, 5) is 19.4. The van der Waals surface area contributed by atoms with Crippen LogP contribution in [0.2, 0.25) is 0 Å². The van der Waals surface area contributed by atoms with Crippen LogP contribution in [0.4, 0.5) is 0 Å². The number of nitrogens with one attached hydrogen (secondary N) is 1. The van der Waals surface area contributed by atoms with Crippen LogP contribution in [0.15, 0.2) is 18.7 Å². The fourth-order valence-corrected chi connectivity index (χ4v) is 0.948. The van der Waals surface area contributed by atoms with E-state index < -0.39 is 0 Å². The van der Waals surface area contributed by atoms with Crippen molar-refractivity contribution in [1.82, 2.24) is 15.3 Å². The molecule has 0 aliphatic rings. The predicted molar refractivity (Wildman–Crippen MR) is 60.3 cm³/mol. The molecule has 6 heteroatoms. The molecule has 1 aromatic heterocycles. The zero-order valence-corrected chi connectivity index (χ0v) is 9.12. The molecule has 0 aromatic carbocycles. The van der Waals surface area contributed by atoms with E-state index in [-0.39, 0.29) is 11.8 Å². The fourth-order valence-electron chi connectivity index (χ4n) is 0.865. The van der Waals surface area contributed by atoms with E-state index in [1.807, 2.05) is 6.92 Å². The molecule has 0 saturated heterocycles. The number of hydrogen-bond acceptors (Lipinski definition) is 4. The first-order valence-corrected chi connectivity index (χ1v) is 4.84. The standard InChI is InChI=1S/C9H12N4OS/c1-6(8(10)15)2-13-9(14)7-3-11-5-12-4-7/h3-6H,2H2,1H3,(H2,10,15)(H,13,14). The summed E-state index contributed by atoms with van der Waals surface area (Å²) in [6.45, 7) is 2.27. The van der Waals surface area contributed by atoms with Gasteiger partial charge in [0, 0.05) is 24.9 Å². The number of hydrogen-bond donors (Lipinski definition) is 2. The second-order valence-corrected chi connectivity index (χ2v) is 3.61. The molecule has 1 unspecified atom stereocenters. The third kappa shape index (κ3) is 3.59. The van der Waals surface area contributed by atoms with E-state index in [1.165, 1.54) is 18.7 Å². The van der Waals surface area contributed by atoms with E-state index in [9.17, 15) is 4.79 Å². The number of thiocarbonyl (C=S) groups is 1. The predicted octanol–water partition coefficient (Wildman–Crippen LogP) is 0.129. The molecule has 5 nitrogen and oxygen atoms in total. The molecule has 15 heavy (non-hydrogen) atoms. The summed E-state index contributed by atoms with van der Waals surface area (Å²) in [7, 11) is 0. The molecule has 1 heterocycles. The quantitative estimate of drug-likeness (QED) is 0.710. The molecule has 0 aliphatic carbocycles. The lowest BCUT2D eigenvalue weighted by atomic mass is 10.2. The highest BCUT2D eigenvalue weighted by atomic mass is 32.1. The molecule has 0 fully saturated rings. The summed E-state index contributed by atoms with van der Waals surface area (Å²) < 4.78 is 0. The minimum Gasteiger partial charge on any atom is -0.393 e. The van der Waals surface area contributed by atoms with Crippen LogP contribution in [0, 0.1) is 5.92 Å². The first-order chi connectivity index (χ1) is 7.11. The molecule has 0 bridgehead atoms. The van der Waals surface area contributed by atoms with E-state index in [2.05, 4.69) is 15.3 Å². The monoisotopic (exact) mass is 224 g/mol. The maximum atomic E-state index is 11.5. The van der Waals surface area contributed by atoms with Gasteiger partial charge in [-0.25, -0.2) is 9.97 Å². The van der Waals surface area contributed by atoms with Gasteiger partial charge in [0.15, 0.2) is 0 Å². The van der Waals surface area contributed by atoms with Crippen molar-refractivity contribution >= 4 is 23.1 Å². The van der Waals surface area contributed by atoms with Crippen LogP contribution >= 0.6 is 12.2 Å². The van der Waals surface area contributed by atoms with Crippen LogP contribution in [0.25, 0.3) is 0 Å². The van der Waals surface area contributed by atoms with Gasteiger partial charge in [-0.05, 0) is 0 Å². The van der Waals surface area contributed by atoms with E-state index >= 15 is 0 Å². The Bertz CT molecular complexity index is 354. The van der Waals surface area contributed by atoms with E-state index in [0.29, 0.717) is 17.1 Å². The molecule has 0 radical (unpaired) electrons. The van der Waals surface area contributed by atoms with Gasteiger partial charge in [-0.1, -0.05) is 19.1 Å². The third-order valence-electron chi connectivity index (χ3n) is 1.88. The number of aromatic nitrogens is 2. The normalized spacial score (nSPS) is 11.8. The summed E-state index contributed by atoms with van der Waals surface area (Å²) in [6.07, 6.45) is 4.27. The van der Waals surface area contributed by atoms with Crippen molar-refractivity contribution in [2.45, 2.75) is 6.92 Å². The van der Waals surface area contributed by atoms with Crippen LogP contribution in [-0.2, 0) is 0 Å². The number of nitrogens with zero attached hydrogens (tertiary/aromatic N) is 2. The molecule has 1 aromatic rings. The topological polar surface area (TPSA) is 80.9 Å². The minimum absolute atomic E-state index is 0.0198. The van der Waals surface area contributed by atoms with E-state index in [0.717, 1.165) is 0 Å². The van der Waals surface area contributed by atoms with Gasteiger partial charge in [0.05, 0.1) is 10.6 Å². The Balaban J connectivity index is 2.47. The zero-order valence-electron chi connectivity index (χ0n) is 8.30. The number of nitrogens with two attached hydrogens (primary N) is 1. The summed E-state index contributed by atoms with van der Waals surface area (Å²) >= 11 is 4.79. The highest BCUT2D eigenvalue weighted by Gasteiger charge is 2.09. The van der Waals surface area contributed by atoms with Gasteiger partial charge < -0.3 is 11.1 Å². The fraction of sp³-hybridized carbons (Fsp3) is 0.333. The SMILES string of the molecule is CC(CNC(=O)c1cncnc1)C(N)=S. The summed E-state index contributed by atoms with van der Waals surface area (Å²) in [6, 6.07) is 0. The first kappa shape index (κ1) is 11.5. The molecular weight excluding hydrogens is 212 g/mol. The number of carbonyl (C=O) groups is 1. The van der Waals surface area contributed by atoms with Gasteiger partial charge in [0.1, 0.15) is 6.33 Å². The average molecular weight is 224 g/mol. The van der Waals surface area contributed by atoms with E-state index in [1.54, 1.807) is 0 Å². The van der Waals surface area contributed by atoms with Gasteiger partial charge in [0.25, 0.3) is 5.91 Å². The first-order valence-electron chi connectivity index (χ1n) is 4.43. The largest absolute Gasteiger partial charge is 0.393 e. The Morgan fingerprint density at radius 1 is 1.60 bits per heavy atom. The second kappa shape index (κ2) is 5.35. The lowest BCUT2D eigenvalue weighted by Gasteiger charge is -2.10. The Hall–Kier alpha value is -1.56. The number of carbonyl (C=O) groups excluding carboxylic acids is 1. The van der Waals surface area contributed by atoms with Crippen molar-refractivity contribution in [3.8, 4) is 0 Å². The van der Waals surface area contributed by atoms with Crippen molar-refractivity contribution in [3.05, 3.63) is 24.3 Å². The molecule has 0 aliphatic heterocycles. The van der Waals surface area contributed by atoms with Crippen molar-refractivity contribution in [2.75, 3.05) is 6.54 Å². The Labute approximate surface area is 93.1 Å². The lowest BCUT2D eigenvalue weighted by Crippen LogP contribution is -2.33. The number of amides is 1. The number of rotatable bonds is 4. The Kier molecular flexibility index (Phi) is 4.11. The summed E-state index contributed by atoms with van der Waals surface area (Å²) in [5, 5.41) is 2.69. The van der Waals surface area contributed by atoms with Crippen LogP contribution in [-0.4, -0.2) is 27.4 Å². The highest BCUT2D eigenvalue weighted by Crippen LogP contribution is 1.96. The zero-order chi connectivity index (χ0) is 11.3. The summed E-state index contributed by atoms with van der Waals surface area (Å²) in [5.41, 5.74) is 5.84. The van der Waals surface area contributed by atoms with Crippen molar-refractivity contribution in [1.29, 1.82) is 0 Å². The van der Waals surface area contributed by atoms with Crippen molar-refractivity contribution < 1.29 is 4.79 Å². The maximum absolute atomic E-state index is 11.5. The molecular formula is C9H12N4OS. The highest BCUT2D eigenvalue weighted by molar-refractivity contribution is 7.80. The van der Waals surface area contributed by atoms with Gasteiger partial charge in [-0.2, -0.15) is 0 Å². The van der Waals surface area contributed by atoms with Gasteiger partial charge in [-0.15, -0.1) is 0 Å². The third-order valence-corrected chi connectivity index (χ3v) is 2.28. The van der Waals surface area contributed by atoms with E-state index in [4.69, 9.17) is 18.0 Å². The molecule has 80 valence electrons. The van der Waals surface area contributed by atoms with Gasteiger partial charge in [-0.3, -0.25) is 4.79 Å².